The minimum atomic E-state index is 0.0761. The number of hydrogen-bond acceptors (Lipinski definition) is 1. The van der Waals surface area contributed by atoms with E-state index in [1.807, 2.05) is 0 Å². The number of rotatable bonds is 5. The molecule has 1 N–H and O–H groups in total. The van der Waals surface area contributed by atoms with Crippen LogP contribution in [0.3, 0.4) is 0 Å². The number of nitrogens with zero attached hydrogens (tertiary/aromatic N) is 1. The van der Waals surface area contributed by atoms with Gasteiger partial charge in [-0.05, 0) is 35.2 Å². The second kappa shape index (κ2) is 5.54. The van der Waals surface area contributed by atoms with Gasteiger partial charge < -0.3 is 0 Å². The molecule has 4 heteroatoms. The molecule has 0 aromatic carbocycles. The summed E-state index contributed by atoms with van der Waals surface area (Å²) in [5.74, 6) is 0. The van der Waals surface area contributed by atoms with Gasteiger partial charge in [0.15, 0.2) is 0 Å². The van der Waals surface area contributed by atoms with Crippen LogP contribution in [0.5, 0.6) is 0 Å². The van der Waals surface area contributed by atoms with Gasteiger partial charge in [-0.25, -0.2) is 4.68 Å². The molecule has 0 unspecified atom stereocenters. The molecule has 3 nitrogen and oxygen atoms in total. The number of hydrogen-bond donors (Lipinski definition) is 1. The molecule has 15 heavy (non-hydrogen) atoms. The van der Waals surface area contributed by atoms with Crippen LogP contribution in [0.2, 0.25) is 0 Å². The first-order valence-electron chi connectivity index (χ1n) is 5.64. The van der Waals surface area contributed by atoms with Crippen molar-refractivity contribution >= 4 is 15.9 Å². The van der Waals surface area contributed by atoms with Crippen molar-refractivity contribution in [1.82, 2.24) is 9.78 Å². The van der Waals surface area contributed by atoms with Crippen LogP contribution < -0.4 is 5.56 Å². The Morgan fingerprint density at radius 1 is 1.33 bits per heavy atom. The predicted octanol–water partition coefficient (Wildman–Crippen LogP) is 3.25. The van der Waals surface area contributed by atoms with E-state index in [9.17, 15) is 4.79 Å². The zero-order valence-electron chi connectivity index (χ0n) is 9.64. The summed E-state index contributed by atoms with van der Waals surface area (Å²) in [6, 6.07) is 0.291. The molecule has 0 aliphatic heterocycles. The Bertz CT molecular complexity index is 363. The first-order chi connectivity index (χ1) is 7.15. The normalized spacial score (nSPS) is 11.3. The molecule has 1 rings (SSSR count). The molecule has 0 radical (unpaired) electrons. The van der Waals surface area contributed by atoms with Crippen LogP contribution in [0.1, 0.15) is 51.8 Å². The highest BCUT2D eigenvalue weighted by atomic mass is 79.9. The minimum Gasteiger partial charge on any atom is -0.298 e. The predicted molar refractivity (Wildman–Crippen MR) is 66.4 cm³/mol. The van der Waals surface area contributed by atoms with Gasteiger partial charge in [0.1, 0.15) is 4.47 Å². The molecule has 1 heterocycles. The fourth-order valence-corrected chi connectivity index (χ4v) is 2.28. The van der Waals surface area contributed by atoms with E-state index in [2.05, 4.69) is 41.8 Å². The van der Waals surface area contributed by atoms with Gasteiger partial charge >= 0.3 is 0 Å². The molecular formula is C11H19BrN2O. The molecule has 0 amide bonds. The van der Waals surface area contributed by atoms with Crippen LogP contribution in [0, 0.1) is 0 Å². The summed E-state index contributed by atoms with van der Waals surface area (Å²) in [6.07, 6.45) is 3.92. The Labute approximate surface area is 99.0 Å². The van der Waals surface area contributed by atoms with Gasteiger partial charge in [-0.15, -0.1) is 0 Å². The average molecular weight is 275 g/mol. The van der Waals surface area contributed by atoms with E-state index >= 15 is 0 Å². The second-order valence-electron chi connectivity index (χ2n) is 3.80. The van der Waals surface area contributed by atoms with Gasteiger partial charge in [-0.2, -0.15) is 0 Å². The fourth-order valence-electron chi connectivity index (χ4n) is 1.81. The highest BCUT2D eigenvalue weighted by molar-refractivity contribution is 9.10. The van der Waals surface area contributed by atoms with E-state index in [0.717, 1.165) is 31.4 Å². The van der Waals surface area contributed by atoms with Gasteiger partial charge in [-0.1, -0.05) is 27.2 Å². The third kappa shape index (κ3) is 2.54. The van der Waals surface area contributed by atoms with Gasteiger partial charge in [0.25, 0.3) is 5.56 Å². The molecule has 0 saturated heterocycles. The first kappa shape index (κ1) is 12.6. The lowest BCUT2D eigenvalue weighted by molar-refractivity contribution is 0.415. The van der Waals surface area contributed by atoms with Crippen molar-refractivity contribution in [3.63, 3.8) is 0 Å². The molecule has 0 fully saturated rings. The Hall–Kier alpha value is -0.510. The Balaban J connectivity index is 3.09. The molecular weight excluding hydrogens is 256 g/mol. The van der Waals surface area contributed by atoms with Crippen molar-refractivity contribution < 1.29 is 0 Å². The smallest absolute Gasteiger partial charge is 0.281 e. The maximum atomic E-state index is 11.9. The largest absolute Gasteiger partial charge is 0.298 e. The van der Waals surface area contributed by atoms with Gasteiger partial charge in [0.05, 0.1) is 11.7 Å². The number of aryl methyl sites for hydroxylation is 1. The van der Waals surface area contributed by atoms with Gasteiger partial charge in [0.2, 0.25) is 0 Å². The minimum absolute atomic E-state index is 0.0761. The molecule has 0 spiro atoms. The average Bonchev–Trinajstić information content (AvgIpc) is 2.50. The Morgan fingerprint density at radius 3 is 2.40 bits per heavy atom. The van der Waals surface area contributed by atoms with Crippen LogP contribution in [0.15, 0.2) is 9.27 Å². The highest BCUT2D eigenvalue weighted by Crippen LogP contribution is 2.17. The number of aromatic amines is 1. The van der Waals surface area contributed by atoms with Crippen molar-refractivity contribution in [2.75, 3.05) is 0 Å². The van der Waals surface area contributed by atoms with Crippen molar-refractivity contribution in [2.24, 2.45) is 0 Å². The van der Waals surface area contributed by atoms with E-state index in [4.69, 9.17) is 0 Å². The summed E-state index contributed by atoms with van der Waals surface area (Å²) in [5, 5.41) is 3.21. The monoisotopic (exact) mass is 274 g/mol. The summed E-state index contributed by atoms with van der Waals surface area (Å²) in [5.41, 5.74) is 1.10. The van der Waals surface area contributed by atoms with Gasteiger partial charge in [0, 0.05) is 0 Å². The fraction of sp³-hybridized carbons (Fsp3) is 0.727. The quantitative estimate of drug-likeness (QED) is 0.880. The molecule has 86 valence electrons. The maximum absolute atomic E-state index is 11.9. The number of aromatic nitrogens is 2. The van der Waals surface area contributed by atoms with Crippen molar-refractivity contribution in [1.29, 1.82) is 0 Å². The summed E-state index contributed by atoms with van der Waals surface area (Å²) < 4.78 is 2.46. The lowest BCUT2D eigenvalue weighted by atomic mass is 10.2. The van der Waals surface area contributed by atoms with Crippen LogP contribution in [0.4, 0.5) is 0 Å². The molecule has 0 saturated carbocycles. The summed E-state index contributed by atoms with van der Waals surface area (Å²) >= 11 is 3.36. The SMILES string of the molecule is CCCc1[nH]n(C(CC)CC)c(=O)c1Br. The molecule has 1 aromatic rings. The summed E-state index contributed by atoms with van der Waals surface area (Å²) in [4.78, 5) is 11.9. The molecule has 0 bridgehead atoms. The van der Waals surface area contributed by atoms with E-state index in [0.29, 0.717) is 10.5 Å². The van der Waals surface area contributed by atoms with E-state index in [1.165, 1.54) is 0 Å². The zero-order valence-corrected chi connectivity index (χ0v) is 11.2. The van der Waals surface area contributed by atoms with Crippen molar-refractivity contribution in [3.8, 4) is 0 Å². The Kier molecular flexibility index (Phi) is 4.64. The van der Waals surface area contributed by atoms with E-state index in [1.54, 1.807) is 4.68 Å². The van der Waals surface area contributed by atoms with Gasteiger partial charge in [-0.3, -0.25) is 9.89 Å². The van der Waals surface area contributed by atoms with Crippen molar-refractivity contribution in [2.45, 2.75) is 52.5 Å². The number of nitrogens with one attached hydrogen (secondary N) is 1. The van der Waals surface area contributed by atoms with Crippen LogP contribution in [-0.2, 0) is 6.42 Å². The highest BCUT2D eigenvalue weighted by Gasteiger charge is 2.15. The molecule has 1 aromatic heterocycles. The molecule has 0 atom stereocenters. The van der Waals surface area contributed by atoms with E-state index in [-0.39, 0.29) is 5.56 Å². The zero-order chi connectivity index (χ0) is 11.4. The maximum Gasteiger partial charge on any atom is 0.281 e. The summed E-state index contributed by atoms with van der Waals surface area (Å²) in [7, 11) is 0. The van der Waals surface area contributed by atoms with Crippen LogP contribution >= 0.6 is 15.9 Å². The van der Waals surface area contributed by atoms with Crippen molar-refractivity contribution in [3.05, 3.63) is 20.5 Å². The molecule has 0 aliphatic carbocycles. The summed E-state index contributed by atoms with van der Waals surface area (Å²) in [6.45, 7) is 6.32. The van der Waals surface area contributed by atoms with Crippen LogP contribution in [0.25, 0.3) is 0 Å². The lowest BCUT2D eigenvalue weighted by Gasteiger charge is -2.12. The topological polar surface area (TPSA) is 37.8 Å². The lowest BCUT2D eigenvalue weighted by Crippen LogP contribution is -2.21. The molecule has 0 aliphatic rings. The third-order valence-electron chi connectivity index (χ3n) is 2.73. The standard InChI is InChI=1S/C11H19BrN2O/c1-4-7-9-10(12)11(15)14(13-9)8(5-2)6-3/h8,13H,4-7H2,1-3H3. The number of halogens is 1. The Morgan fingerprint density at radius 2 is 1.93 bits per heavy atom. The van der Waals surface area contributed by atoms with Crippen LogP contribution in [-0.4, -0.2) is 9.78 Å². The second-order valence-corrected chi connectivity index (χ2v) is 4.59. The first-order valence-corrected chi connectivity index (χ1v) is 6.43. The van der Waals surface area contributed by atoms with E-state index < -0.39 is 0 Å². The third-order valence-corrected chi connectivity index (χ3v) is 3.55. The number of H-pyrrole nitrogens is 1.